The van der Waals surface area contributed by atoms with Crippen LogP contribution < -0.4 is 16.0 Å². The van der Waals surface area contributed by atoms with E-state index in [4.69, 9.17) is 22.1 Å². The third-order valence-electron chi connectivity index (χ3n) is 3.25. The molecule has 2 rings (SSSR count). The Kier molecular flexibility index (Phi) is 5.03. The monoisotopic (exact) mass is 366 g/mol. The molecule has 0 aliphatic rings. The Morgan fingerprint density at radius 3 is 2.32 bits per heavy atom. The van der Waals surface area contributed by atoms with Crippen LogP contribution in [-0.4, -0.2) is 33.2 Å². The molecule has 0 fully saturated rings. The van der Waals surface area contributed by atoms with Crippen LogP contribution in [0.2, 0.25) is 5.02 Å². The molecule has 1 aromatic heterocycles. The second-order valence-corrected chi connectivity index (χ2v) is 5.85. The molecule has 0 saturated carbocycles. The number of nitrogen functional groups attached to an aromatic ring is 1. The van der Waals surface area contributed by atoms with Crippen LogP contribution in [0.5, 0.6) is 5.75 Å². The van der Waals surface area contributed by atoms with Gasteiger partial charge in [0.25, 0.3) is 5.56 Å². The number of benzene rings is 1. The van der Waals surface area contributed by atoms with Crippen molar-refractivity contribution in [1.82, 2.24) is 4.98 Å². The van der Waals surface area contributed by atoms with Crippen molar-refractivity contribution < 1.29 is 24.5 Å². The Balaban J connectivity index is 3.00. The van der Waals surface area contributed by atoms with Crippen molar-refractivity contribution in [2.45, 2.75) is 20.0 Å². The van der Waals surface area contributed by atoms with Crippen molar-refractivity contribution in [3.05, 3.63) is 44.7 Å². The molecule has 5 N–H and O–H groups in total. The Morgan fingerprint density at radius 1 is 1.20 bits per heavy atom. The molecule has 1 heterocycles. The first-order chi connectivity index (χ1) is 11.6. The molecule has 2 aromatic rings. The minimum atomic E-state index is -1.60. The second kappa shape index (κ2) is 6.86. The average Bonchev–Trinajstić information content (AvgIpc) is 2.46. The number of nitrogens with two attached hydrogens (primary N) is 1. The number of H-pyrrole nitrogens is 1. The predicted molar refractivity (Wildman–Crippen MR) is 91.6 cm³/mol. The first-order valence-corrected chi connectivity index (χ1v) is 7.50. The van der Waals surface area contributed by atoms with Gasteiger partial charge in [0.05, 0.1) is 6.10 Å². The summed E-state index contributed by atoms with van der Waals surface area (Å²) >= 11 is 5.98. The van der Waals surface area contributed by atoms with Gasteiger partial charge >= 0.3 is 11.9 Å². The van der Waals surface area contributed by atoms with Gasteiger partial charge in [0.2, 0.25) is 0 Å². The van der Waals surface area contributed by atoms with Crippen molar-refractivity contribution in [1.29, 1.82) is 0 Å². The molecule has 0 amide bonds. The molecule has 132 valence electrons. The van der Waals surface area contributed by atoms with Gasteiger partial charge in [-0.1, -0.05) is 11.6 Å². The van der Waals surface area contributed by atoms with E-state index in [9.17, 15) is 24.6 Å². The van der Waals surface area contributed by atoms with Gasteiger partial charge in [0, 0.05) is 16.1 Å². The van der Waals surface area contributed by atoms with E-state index in [-0.39, 0.29) is 28.0 Å². The Hall–Kier alpha value is -3.00. The van der Waals surface area contributed by atoms with Gasteiger partial charge in [-0.15, -0.1) is 0 Å². The van der Waals surface area contributed by atoms with Gasteiger partial charge in [-0.3, -0.25) is 4.79 Å². The molecule has 0 spiro atoms. The largest absolute Gasteiger partial charge is 0.490 e. The number of hydrogen-bond donors (Lipinski definition) is 4. The van der Waals surface area contributed by atoms with Gasteiger partial charge in [-0.25, -0.2) is 9.59 Å². The lowest BCUT2D eigenvalue weighted by atomic mass is 9.94. The Bertz CT molecular complexity index is 920. The molecule has 0 radical (unpaired) electrons. The van der Waals surface area contributed by atoms with Crippen LogP contribution in [0.3, 0.4) is 0 Å². The quantitative estimate of drug-likeness (QED) is 0.636. The number of halogens is 1. The van der Waals surface area contributed by atoms with Gasteiger partial charge < -0.3 is 25.7 Å². The molecule has 25 heavy (non-hydrogen) atoms. The van der Waals surface area contributed by atoms with Crippen LogP contribution in [0.4, 0.5) is 5.82 Å². The van der Waals surface area contributed by atoms with Crippen molar-refractivity contribution in [3.63, 3.8) is 0 Å². The molecular formula is C16H15ClN2O6. The average molecular weight is 367 g/mol. The fourth-order valence-corrected chi connectivity index (χ4v) is 2.54. The summed E-state index contributed by atoms with van der Waals surface area (Å²) in [6.45, 7) is 3.47. The maximum Gasteiger partial charge on any atom is 0.342 e. The summed E-state index contributed by atoms with van der Waals surface area (Å²) in [6, 6.07) is 4.29. The molecule has 0 aliphatic carbocycles. The summed E-state index contributed by atoms with van der Waals surface area (Å²) in [6.07, 6.45) is -0.291. The van der Waals surface area contributed by atoms with E-state index in [2.05, 4.69) is 0 Å². The number of pyridine rings is 1. The van der Waals surface area contributed by atoms with E-state index in [1.807, 2.05) is 4.98 Å². The Morgan fingerprint density at radius 2 is 1.80 bits per heavy atom. The normalized spacial score (nSPS) is 10.7. The number of aromatic carboxylic acids is 2. The SMILES string of the molecule is CC(C)Oc1ccc(Cl)cc1-c1c(C(=O)O)c(N)[nH]c(=O)c1C(=O)O. The number of aromatic amines is 1. The standard InChI is InChI=1S/C16H15ClN2O6/c1-6(2)25-9-4-3-7(17)5-8(9)10-11(15(21)22)13(18)19-14(20)12(10)16(23)24/h3-6H,1-2H3,(H,21,22)(H,23,24)(H3,18,19,20). The number of hydrogen-bond acceptors (Lipinski definition) is 5. The number of rotatable bonds is 5. The topological polar surface area (TPSA) is 143 Å². The third kappa shape index (κ3) is 3.58. The highest BCUT2D eigenvalue weighted by Crippen LogP contribution is 2.38. The van der Waals surface area contributed by atoms with E-state index < -0.39 is 34.4 Å². The van der Waals surface area contributed by atoms with Crippen LogP contribution in [-0.2, 0) is 0 Å². The first-order valence-electron chi connectivity index (χ1n) is 7.12. The van der Waals surface area contributed by atoms with Gasteiger partial charge in [0.1, 0.15) is 22.7 Å². The molecule has 0 saturated heterocycles. The number of anilines is 1. The van der Waals surface area contributed by atoms with Crippen LogP contribution in [0.15, 0.2) is 23.0 Å². The minimum absolute atomic E-state index is 0.0498. The number of ether oxygens (including phenoxy) is 1. The van der Waals surface area contributed by atoms with Crippen LogP contribution >= 0.6 is 11.6 Å². The third-order valence-corrected chi connectivity index (χ3v) is 3.48. The zero-order chi connectivity index (χ0) is 18.9. The van der Waals surface area contributed by atoms with Gasteiger partial charge in [-0.05, 0) is 32.0 Å². The molecular weight excluding hydrogens is 352 g/mol. The minimum Gasteiger partial charge on any atom is -0.490 e. The highest BCUT2D eigenvalue weighted by Gasteiger charge is 2.28. The molecule has 0 atom stereocenters. The number of carboxylic acids is 2. The summed E-state index contributed by atoms with van der Waals surface area (Å²) in [5.74, 6) is -3.39. The maximum atomic E-state index is 12.1. The Labute approximate surface area is 146 Å². The molecule has 8 nitrogen and oxygen atoms in total. The van der Waals surface area contributed by atoms with Gasteiger partial charge in [-0.2, -0.15) is 0 Å². The molecule has 0 bridgehead atoms. The maximum absolute atomic E-state index is 12.1. The highest BCUT2D eigenvalue weighted by molar-refractivity contribution is 6.31. The van der Waals surface area contributed by atoms with E-state index in [1.54, 1.807) is 13.8 Å². The molecule has 0 aliphatic heterocycles. The lowest BCUT2D eigenvalue weighted by Crippen LogP contribution is -2.24. The molecule has 0 unspecified atom stereocenters. The van der Waals surface area contributed by atoms with E-state index in [0.717, 1.165) is 0 Å². The lowest BCUT2D eigenvalue weighted by molar-refractivity contribution is 0.0695. The number of carbonyl (C=O) groups is 2. The summed E-state index contributed by atoms with van der Waals surface area (Å²) in [5, 5.41) is 19.1. The van der Waals surface area contributed by atoms with Crippen molar-refractivity contribution in [3.8, 4) is 16.9 Å². The summed E-state index contributed by atoms with van der Waals surface area (Å²) in [5.41, 5.74) is 2.97. The number of carboxylic acid groups (broad SMARTS) is 2. The van der Waals surface area contributed by atoms with Crippen LogP contribution in [0.1, 0.15) is 34.6 Å². The van der Waals surface area contributed by atoms with Crippen molar-refractivity contribution >= 4 is 29.4 Å². The molecule has 1 aromatic carbocycles. The fraction of sp³-hybridized carbons (Fsp3) is 0.188. The van der Waals surface area contributed by atoms with Crippen molar-refractivity contribution in [2.75, 3.05) is 5.73 Å². The summed E-state index contributed by atoms with van der Waals surface area (Å²) < 4.78 is 5.61. The van der Waals surface area contributed by atoms with Crippen LogP contribution in [0, 0.1) is 0 Å². The fourth-order valence-electron chi connectivity index (χ4n) is 2.37. The van der Waals surface area contributed by atoms with E-state index >= 15 is 0 Å². The molecule has 9 heteroatoms. The van der Waals surface area contributed by atoms with Crippen LogP contribution in [0.25, 0.3) is 11.1 Å². The summed E-state index contributed by atoms with van der Waals surface area (Å²) in [4.78, 5) is 37.4. The number of nitrogens with one attached hydrogen (secondary N) is 1. The lowest BCUT2D eigenvalue weighted by Gasteiger charge is -2.18. The van der Waals surface area contributed by atoms with E-state index in [0.29, 0.717) is 0 Å². The van der Waals surface area contributed by atoms with Crippen molar-refractivity contribution in [2.24, 2.45) is 0 Å². The first kappa shape index (κ1) is 18.3. The zero-order valence-corrected chi connectivity index (χ0v) is 14.0. The van der Waals surface area contributed by atoms with Gasteiger partial charge in [0.15, 0.2) is 0 Å². The van der Waals surface area contributed by atoms with E-state index in [1.165, 1.54) is 18.2 Å². The second-order valence-electron chi connectivity index (χ2n) is 5.41. The smallest absolute Gasteiger partial charge is 0.342 e. The zero-order valence-electron chi connectivity index (χ0n) is 13.3. The number of aromatic nitrogens is 1. The predicted octanol–water partition coefficient (Wildman–Crippen LogP) is 2.46. The highest BCUT2D eigenvalue weighted by atomic mass is 35.5. The summed E-state index contributed by atoms with van der Waals surface area (Å²) in [7, 11) is 0.